The zero-order valence-corrected chi connectivity index (χ0v) is 12.1. The normalized spacial score (nSPS) is 26.9. The van der Waals surface area contributed by atoms with Gasteiger partial charge in [-0.25, -0.2) is 4.98 Å². The maximum Gasteiger partial charge on any atom is 0.198 e. The minimum atomic E-state index is 0.581. The Bertz CT molecular complexity index is 614. The molecule has 0 aliphatic heterocycles. The lowest BCUT2D eigenvalue weighted by Crippen LogP contribution is -2.26. The van der Waals surface area contributed by atoms with E-state index in [4.69, 9.17) is 4.42 Å². The quantitative estimate of drug-likeness (QED) is 0.878. The molecule has 20 heavy (non-hydrogen) atoms. The number of benzene rings is 1. The molecule has 0 bridgehead atoms. The molecule has 2 fully saturated rings. The number of oxazole rings is 1. The van der Waals surface area contributed by atoms with Crippen LogP contribution in [0.25, 0.3) is 11.1 Å². The fraction of sp³-hybridized carbons (Fsp3) is 0.588. The average Bonchev–Trinajstić information content (AvgIpc) is 3.19. The third-order valence-corrected chi connectivity index (χ3v) is 4.64. The number of nitrogens with zero attached hydrogens (tertiary/aromatic N) is 1. The van der Waals surface area contributed by atoms with Gasteiger partial charge in [-0.15, -0.1) is 0 Å². The predicted octanol–water partition coefficient (Wildman–Crippen LogP) is 4.70. The summed E-state index contributed by atoms with van der Waals surface area (Å²) in [4.78, 5) is 4.64. The minimum Gasteiger partial charge on any atom is -0.440 e. The van der Waals surface area contributed by atoms with Crippen LogP contribution in [-0.2, 0) is 0 Å². The third kappa shape index (κ3) is 2.41. The van der Waals surface area contributed by atoms with Gasteiger partial charge >= 0.3 is 0 Å². The zero-order chi connectivity index (χ0) is 13.5. The smallest absolute Gasteiger partial charge is 0.198 e. The van der Waals surface area contributed by atoms with Crippen molar-refractivity contribution in [2.24, 2.45) is 5.92 Å². The fourth-order valence-electron chi connectivity index (χ4n) is 3.34. The van der Waals surface area contributed by atoms with Crippen molar-refractivity contribution < 1.29 is 4.42 Å². The summed E-state index contributed by atoms with van der Waals surface area (Å²) in [5.41, 5.74) is 3.11. The van der Waals surface area contributed by atoms with Gasteiger partial charge in [-0.3, -0.25) is 0 Å². The molecule has 2 aromatic rings. The number of hydrogen-bond donors (Lipinski definition) is 1. The fourth-order valence-corrected chi connectivity index (χ4v) is 3.34. The molecule has 2 aliphatic rings. The van der Waals surface area contributed by atoms with Crippen LogP contribution in [0, 0.1) is 5.92 Å². The van der Waals surface area contributed by atoms with Gasteiger partial charge in [0.2, 0.25) is 0 Å². The van der Waals surface area contributed by atoms with Gasteiger partial charge in [-0.1, -0.05) is 19.8 Å². The maximum atomic E-state index is 5.82. The van der Waals surface area contributed by atoms with Gasteiger partial charge in [0.05, 0.1) is 0 Å². The topological polar surface area (TPSA) is 38.1 Å². The summed E-state index contributed by atoms with van der Waals surface area (Å²) in [7, 11) is 0. The lowest BCUT2D eigenvalue weighted by molar-refractivity contribution is 0.358. The van der Waals surface area contributed by atoms with Crippen molar-refractivity contribution in [1.82, 2.24) is 4.98 Å². The van der Waals surface area contributed by atoms with E-state index in [1.54, 1.807) is 0 Å². The van der Waals surface area contributed by atoms with Crippen molar-refractivity contribution >= 4 is 16.8 Å². The van der Waals surface area contributed by atoms with Gasteiger partial charge in [-0.05, 0) is 49.8 Å². The molecule has 2 aliphatic carbocycles. The van der Waals surface area contributed by atoms with E-state index >= 15 is 0 Å². The molecule has 0 saturated heterocycles. The van der Waals surface area contributed by atoms with Gasteiger partial charge in [0.15, 0.2) is 11.5 Å². The Morgan fingerprint density at radius 3 is 2.90 bits per heavy atom. The SMILES string of the molecule is CC1CCCC(Nc2ccc3oc(C4CC4)nc3c2)C1. The molecule has 2 saturated carbocycles. The Labute approximate surface area is 119 Å². The largest absolute Gasteiger partial charge is 0.440 e. The predicted molar refractivity (Wildman–Crippen MR) is 81.0 cm³/mol. The standard InChI is InChI=1S/C17H22N2O/c1-11-3-2-4-13(9-11)18-14-7-8-16-15(10-14)19-17(20-16)12-5-6-12/h7-8,10-13,18H,2-6,9H2,1H3. The molecule has 106 valence electrons. The number of anilines is 1. The molecule has 0 spiro atoms. The van der Waals surface area contributed by atoms with Crippen molar-refractivity contribution in [3.8, 4) is 0 Å². The van der Waals surface area contributed by atoms with Crippen LogP contribution in [0.2, 0.25) is 0 Å². The van der Waals surface area contributed by atoms with Crippen molar-refractivity contribution in [3.63, 3.8) is 0 Å². The Morgan fingerprint density at radius 1 is 1.20 bits per heavy atom. The van der Waals surface area contributed by atoms with Gasteiger partial charge in [0, 0.05) is 17.6 Å². The van der Waals surface area contributed by atoms with Crippen LogP contribution in [0.5, 0.6) is 0 Å². The van der Waals surface area contributed by atoms with E-state index in [9.17, 15) is 0 Å². The molecular formula is C17H22N2O. The monoisotopic (exact) mass is 270 g/mol. The van der Waals surface area contributed by atoms with Crippen molar-refractivity contribution in [2.45, 2.75) is 57.4 Å². The second-order valence-corrected chi connectivity index (χ2v) is 6.62. The first-order valence-electron chi connectivity index (χ1n) is 7.95. The van der Waals surface area contributed by atoms with Crippen molar-refractivity contribution in [1.29, 1.82) is 0 Å². The number of fused-ring (bicyclic) bond motifs is 1. The first-order valence-corrected chi connectivity index (χ1v) is 7.95. The highest BCUT2D eigenvalue weighted by atomic mass is 16.3. The van der Waals surface area contributed by atoms with E-state index in [1.165, 1.54) is 44.2 Å². The number of aromatic nitrogens is 1. The Hall–Kier alpha value is -1.51. The Morgan fingerprint density at radius 2 is 2.10 bits per heavy atom. The summed E-state index contributed by atoms with van der Waals surface area (Å²) in [6.45, 7) is 2.36. The highest BCUT2D eigenvalue weighted by molar-refractivity contribution is 5.77. The third-order valence-electron chi connectivity index (χ3n) is 4.64. The van der Waals surface area contributed by atoms with E-state index in [0.717, 1.165) is 22.9 Å². The number of hydrogen-bond acceptors (Lipinski definition) is 3. The Kier molecular flexibility index (Phi) is 2.94. The van der Waals surface area contributed by atoms with Crippen LogP contribution in [0.15, 0.2) is 22.6 Å². The lowest BCUT2D eigenvalue weighted by Gasteiger charge is -2.28. The van der Waals surface area contributed by atoms with Crippen LogP contribution >= 0.6 is 0 Å². The molecule has 3 heteroatoms. The van der Waals surface area contributed by atoms with Crippen LogP contribution in [0.1, 0.15) is 57.3 Å². The zero-order valence-electron chi connectivity index (χ0n) is 12.1. The molecule has 1 N–H and O–H groups in total. The van der Waals surface area contributed by atoms with Crippen LogP contribution in [-0.4, -0.2) is 11.0 Å². The second kappa shape index (κ2) is 4.80. The first kappa shape index (κ1) is 12.2. The number of rotatable bonds is 3. The molecule has 2 unspecified atom stereocenters. The van der Waals surface area contributed by atoms with Gasteiger partial charge in [0.25, 0.3) is 0 Å². The first-order chi connectivity index (χ1) is 9.78. The molecule has 0 amide bonds. The van der Waals surface area contributed by atoms with E-state index in [0.29, 0.717) is 12.0 Å². The van der Waals surface area contributed by atoms with Gasteiger partial charge in [0.1, 0.15) is 5.52 Å². The molecule has 4 rings (SSSR count). The molecular weight excluding hydrogens is 248 g/mol. The highest BCUT2D eigenvalue weighted by Gasteiger charge is 2.29. The minimum absolute atomic E-state index is 0.581. The summed E-state index contributed by atoms with van der Waals surface area (Å²) in [6, 6.07) is 6.95. The maximum absolute atomic E-state index is 5.82. The van der Waals surface area contributed by atoms with E-state index in [1.807, 2.05) is 0 Å². The van der Waals surface area contributed by atoms with Gasteiger partial charge in [-0.2, -0.15) is 0 Å². The average molecular weight is 270 g/mol. The van der Waals surface area contributed by atoms with Gasteiger partial charge < -0.3 is 9.73 Å². The molecule has 1 heterocycles. The van der Waals surface area contributed by atoms with Crippen molar-refractivity contribution in [2.75, 3.05) is 5.32 Å². The summed E-state index contributed by atoms with van der Waals surface area (Å²) < 4.78 is 5.82. The second-order valence-electron chi connectivity index (χ2n) is 6.62. The van der Waals surface area contributed by atoms with E-state index in [2.05, 4.69) is 35.4 Å². The van der Waals surface area contributed by atoms with E-state index < -0.39 is 0 Å². The molecule has 0 radical (unpaired) electrons. The summed E-state index contributed by atoms with van der Waals surface area (Å²) in [5.74, 6) is 2.36. The van der Waals surface area contributed by atoms with Crippen LogP contribution in [0.3, 0.4) is 0 Å². The summed E-state index contributed by atoms with van der Waals surface area (Å²) in [6.07, 6.45) is 7.76. The Balaban J connectivity index is 1.53. The molecule has 3 nitrogen and oxygen atoms in total. The van der Waals surface area contributed by atoms with Crippen LogP contribution in [0.4, 0.5) is 5.69 Å². The van der Waals surface area contributed by atoms with Crippen molar-refractivity contribution in [3.05, 3.63) is 24.1 Å². The summed E-state index contributed by atoms with van der Waals surface area (Å²) in [5, 5.41) is 3.68. The number of nitrogens with one attached hydrogen (secondary N) is 1. The van der Waals surface area contributed by atoms with Crippen LogP contribution < -0.4 is 5.32 Å². The lowest BCUT2D eigenvalue weighted by atomic mass is 9.87. The highest BCUT2D eigenvalue weighted by Crippen LogP contribution is 2.40. The molecule has 2 atom stereocenters. The summed E-state index contributed by atoms with van der Waals surface area (Å²) >= 11 is 0. The molecule has 1 aromatic carbocycles. The van der Waals surface area contributed by atoms with E-state index in [-0.39, 0.29) is 0 Å². The molecule has 1 aromatic heterocycles.